The molecule has 2 aromatic rings. The Kier molecular flexibility index (Phi) is 4.92. The molecule has 0 atom stereocenters. The first kappa shape index (κ1) is 15.9. The van der Waals surface area contributed by atoms with Crippen molar-refractivity contribution in [1.82, 2.24) is 15.5 Å². The molecule has 8 heteroatoms. The van der Waals surface area contributed by atoms with Gasteiger partial charge in [0.2, 0.25) is 5.13 Å². The Balaban J connectivity index is 2.25. The average Bonchev–Trinajstić information content (AvgIpc) is 2.89. The molecule has 2 rings (SSSR count). The minimum absolute atomic E-state index is 0.226. The number of aromatic nitrogens is 2. The highest BCUT2D eigenvalue weighted by Crippen LogP contribution is 2.19. The topological polar surface area (TPSA) is 84.0 Å². The molecule has 0 bridgehead atoms. The van der Waals surface area contributed by atoms with E-state index in [0.29, 0.717) is 12.6 Å². The first-order chi connectivity index (χ1) is 9.88. The predicted molar refractivity (Wildman–Crippen MR) is 83.9 cm³/mol. The zero-order valence-corrected chi connectivity index (χ0v) is 13.8. The van der Waals surface area contributed by atoms with Crippen LogP contribution in [0.1, 0.15) is 25.0 Å². The Morgan fingerprint density at radius 3 is 2.71 bits per heavy atom. The summed E-state index contributed by atoms with van der Waals surface area (Å²) in [6.07, 6.45) is 0. The second kappa shape index (κ2) is 6.50. The second-order valence-corrected chi connectivity index (χ2v) is 7.49. The number of anilines is 1. The van der Waals surface area contributed by atoms with E-state index in [2.05, 4.69) is 20.2 Å². The van der Waals surface area contributed by atoms with Gasteiger partial charge in [-0.15, -0.1) is 10.2 Å². The summed E-state index contributed by atoms with van der Waals surface area (Å²) in [6, 6.07) is 5.43. The molecule has 0 radical (unpaired) electrons. The van der Waals surface area contributed by atoms with Crippen molar-refractivity contribution in [3.8, 4) is 0 Å². The van der Waals surface area contributed by atoms with E-state index in [0.717, 1.165) is 22.5 Å². The van der Waals surface area contributed by atoms with Crippen molar-refractivity contribution < 1.29 is 8.42 Å². The number of hydrogen-bond donors (Lipinski definition) is 2. The highest BCUT2D eigenvalue weighted by Gasteiger charge is 2.17. The smallest absolute Gasteiger partial charge is 0.263 e. The number of benzene rings is 1. The van der Waals surface area contributed by atoms with Gasteiger partial charge in [0.1, 0.15) is 5.51 Å². The zero-order chi connectivity index (χ0) is 15.5. The predicted octanol–water partition coefficient (Wildman–Crippen LogP) is 2.15. The number of hydrogen-bond acceptors (Lipinski definition) is 6. The monoisotopic (exact) mass is 326 g/mol. The number of nitrogens with zero attached hydrogens (tertiary/aromatic N) is 2. The van der Waals surface area contributed by atoms with Crippen LogP contribution in [-0.4, -0.2) is 24.7 Å². The fraction of sp³-hybridized carbons (Fsp3) is 0.385. The molecule has 1 aromatic carbocycles. The summed E-state index contributed by atoms with van der Waals surface area (Å²) in [5.74, 6) is 0. The van der Waals surface area contributed by atoms with Crippen LogP contribution in [0, 0.1) is 6.92 Å². The quantitative estimate of drug-likeness (QED) is 0.850. The van der Waals surface area contributed by atoms with Crippen molar-refractivity contribution in [2.45, 2.75) is 38.3 Å². The summed E-state index contributed by atoms with van der Waals surface area (Å²) >= 11 is 1.14. The minimum atomic E-state index is -3.63. The fourth-order valence-electron chi connectivity index (χ4n) is 1.71. The molecular weight excluding hydrogens is 308 g/mol. The summed E-state index contributed by atoms with van der Waals surface area (Å²) in [7, 11) is -3.63. The van der Waals surface area contributed by atoms with Gasteiger partial charge >= 0.3 is 0 Å². The molecular formula is C13H18N4O2S2. The van der Waals surface area contributed by atoms with Gasteiger partial charge in [-0.2, -0.15) is 0 Å². The van der Waals surface area contributed by atoms with Crippen LogP contribution >= 0.6 is 11.3 Å². The van der Waals surface area contributed by atoms with Crippen molar-refractivity contribution in [1.29, 1.82) is 0 Å². The van der Waals surface area contributed by atoms with Gasteiger partial charge < -0.3 is 5.32 Å². The Hall–Kier alpha value is -1.51. The van der Waals surface area contributed by atoms with E-state index in [1.54, 1.807) is 12.1 Å². The standard InChI is InChI=1S/C13H18N4O2S2/c1-9(2)14-7-11-6-12(5-4-10(11)3)21(18,19)17-13-16-15-8-20-13/h4-6,8-9,14H,7H2,1-3H3,(H,16,17). The normalized spacial score (nSPS) is 11.8. The maximum atomic E-state index is 12.3. The first-order valence-electron chi connectivity index (χ1n) is 6.50. The summed E-state index contributed by atoms with van der Waals surface area (Å²) in [4.78, 5) is 0.226. The average molecular weight is 326 g/mol. The Morgan fingerprint density at radius 2 is 2.10 bits per heavy atom. The molecule has 6 nitrogen and oxygen atoms in total. The van der Waals surface area contributed by atoms with Gasteiger partial charge in [-0.1, -0.05) is 31.3 Å². The van der Waals surface area contributed by atoms with Gasteiger partial charge in [0.05, 0.1) is 4.90 Å². The molecule has 0 unspecified atom stereocenters. The second-order valence-electron chi connectivity index (χ2n) is 4.97. The molecule has 21 heavy (non-hydrogen) atoms. The van der Waals surface area contributed by atoms with Crippen LogP contribution < -0.4 is 10.0 Å². The molecule has 0 saturated heterocycles. The van der Waals surface area contributed by atoms with Gasteiger partial charge in [0.25, 0.3) is 10.0 Å². The van der Waals surface area contributed by atoms with Crippen LogP contribution in [0.15, 0.2) is 28.6 Å². The summed E-state index contributed by atoms with van der Waals surface area (Å²) in [6.45, 7) is 6.69. The van der Waals surface area contributed by atoms with Crippen LogP contribution in [0.25, 0.3) is 0 Å². The van der Waals surface area contributed by atoms with Crippen LogP contribution in [0.4, 0.5) is 5.13 Å². The lowest BCUT2D eigenvalue weighted by atomic mass is 10.1. The number of rotatable bonds is 6. The van der Waals surface area contributed by atoms with Gasteiger partial charge in [-0.25, -0.2) is 8.42 Å². The van der Waals surface area contributed by atoms with Gasteiger partial charge in [0, 0.05) is 12.6 Å². The Labute approximate surface area is 128 Å². The Bertz CT molecular complexity index is 697. The van der Waals surface area contributed by atoms with Crippen LogP contribution in [0.5, 0.6) is 0 Å². The number of sulfonamides is 1. The maximum Gasteiger partial charge on any atom is 0.263 e. The van der Waals surface area contributed by atoms with Crippen LogP contribution in [0.2, 0.25) is 0 Å². The van der Waals surface area contributed by atoms with E-state index in [4.69, 9.17) is 0 Å². The lowest BCUT2D eigenvalue weighted by Gasteiger charge is -2.12. The number of aryl methyl sites for hydroxylation is 1. The van der Waals surface area contributed by atoms with Crippen molar-refractivity contribution in [3.05, 3.63) is 34.8 Å². The zero-order valence-electron chi connectivity index (χ0n) is 12.1. The molecule has 0 spiro atoms. The molecule has 114 valence electrons. The van der Waals surface area contributed by atoms with E-state index in [-0.39, 0.29) is 10.0 Å². The largest absolute Gasteiger partial charge is 0.310 e. The lowest BCUT2D eigenvalue weighted by Crippen LogP contribution is -2.22. The highest BCUT2D eigenvalue weighted by atomic mass is 32.2. The van der Waals surface area contributed by atoms with Crippen LogP contribution in [-0.2, 0) is 16.6 Å². The van der Waals surface area contributed by atoms with Crippen molar-refractivity contribution in [2.75, 3.05) is 4.72 Å². The van der Waals surface area contributed by atoms with Crippen LogP contribution in [0.3, 0.4) is 0 Å². The molecule has 0 fully saturated rings. The molecule has 0 aliphatic heterocycles. The van der Waals surface area contributed by atoms with Crippen molar-refractivity contribution in [2.24, 2.45) is 0 Å². The summed E-state index contributed by atoms with van der Waals surface area (Å²) < 4.78 is 27.0. The third-order valence-corrected chi connectivity index (χ3v) is 4.99. The lowest BCUT2D eigenvalue weighted by molar-refractivity contribution is 0.585. The molecule has 0 saturated carbocycles. The van der Waals surface area contributed by atoms with Gasteiger partial charge in [0.15, 0.2) is 0 Å². The summed E-state index contributed by atoms with van der Waals surface area (Å²) in [5.41, 5.74) is 3.49. The first-order valence-corrected chi connectivity index (χ1v) is 8.86. The van der Waals surface area contributed by atoms with E-state index in [1.165, 1.54) is 5.51 Å². The summed E-state index contributed by atoms with van der Waals surface area (Å²) in [5, 5.41) is 10.9. The molecule has 1 aromatic heterocycles. The molecule has 0 aliphatic rings. The van der Waals surface area contributed by atoms with E-state index < -0.39 is 10.0 Å². The van der Waals surface area contributed by atoms with E-state index >= 15 is 0 Å². The third-order valence-electron chi connectivity index (χ3n) is 2.91. The fourth-order valence-corrected chi connectivity index (χ4v) is 3.45. The van der Waals surface area contributed by atoms with E-state index in [1.807, 2.05) is 26.8 Å². The molecule has 2 N–H and O–H groups in total. The molecule has 0 aliphatic carbocycles. The SMILES string of the molecule is Cc1ccc(S(=O)(=O)Nc2nncs2)cc1CNC(C)C. The maximum absolute atomic E-state index is 12.3. The Morgan fingerprint density at radius 1 is 1.33 bits per heavy atom. The number of nitrogens with one attached hydrogen (secondary N) is 2. The third kappa shape index (κ3) is 4.23. The van der Waals surface area contributed by atoms with Gasteiger partial charge in [-0.3, -0.25) is 4.72 Å². The van der Waals surface area contributed by atoms with Gasteiger partial charge in [-0.05, 0) is 30.2 Å². The van der Waals surface area contributed by atoms with Crippen molar-refractivity contribution in [3.63, 3.8) is 0 Å². The highest BCUT2D eigenvalue weighted by molar-refractivity contribution is 7.93. The molecule has 0 amide bonds. The van der Waals surface area contributed by atoms with Crippen molar-refractivity contribution >= 4 is 26.5 Å². The van der Waals surface area contributed by atoms with E-state index in [9.17, 15) is 8.42 Å². The minimum Gasteiger partial charge on any atom is -0.310 e. The molecule has 1 heterocycles.